The van der Waals surface area contributed by atoms with E-state index in [9.17, 15) is 13.2 Å². The summed E-state index contributed by atoms with van der Waals surface area (Å²) in [6.07, 6.45) is -4.34. The smallest absolute Gasteiger partial charge is 0.166 e. The molecule has 0 saturated heterocycles. The average Bonchev–Trinajstić information content (AvgIpc) is 2.38. The molecule has 0 aliphatic rings. The largest absolute Gasteiger partial charge is 0.416 e. The van der Waals surface area contributed by atoms with E-state index in [0.29, 0.717) is 5.02 Å². The lowest BCUT2D eigenvalue weighted by molar-refractivity contribution is -0.138. The van der Waals surface area contributed by atoms with Crippen LogP contribution in [0.5, 0.6) is 0 Å². The van der Waals surface area contributed by atoms with Gasteiger partial charge in [0.25, 0.3) is 0 Å². The third-order valence-corrected chi connectivity index (χ3v) is 3.35. The van der Waals surface area contributed by atoms with E-state index in [4.69, 9.17) is 11.6 Å². The highest BCUT2D eigenvalue weighted by Gasteiger charge is 2.34. The fourth-order valence-electron chi connectivity index (χ4n) is 2.06. The van der Waals surface area contributed by atoms with Crippen molar-refractivity contribution in [3.63, 3.8) is 0 Å². The molecule has 2 aromatic rings. The molecule has 0 saturated carbocycles. The van der Waals surface area contributed by atoms with Crippen molar-refractivity contribution in [2.24, 2.45) is 0 Å². The minimum atomic E-state index is -4.34. The van der Waals surface area contributed by atoms with Crippen LogP contribution >= 0.6 is 11.6 Å². The lowest BCUT2D eigenvalue weighted by Crippen LogP contribution is -2.11. The molecule has 0 amide bonds. The van der Waals surface area contributed by atoms with Gasteiger partial charge in [-0.05, 0) is 29.3 Å². The SMILES string of the molecule is CC(c1ccc(Cl)cc1)c1ccccc1C(F)(F)F. The van der Waals surface area contributed by atoms with Crippen molar-refractivity contribution in [2.75, 3.05) is 0 Å². The topological polar surface area (TPSA) is 0 Å². The number of hydrogen-bond acceptors (Lipinski definition) is 0. The van der Waals surface area contributed by atoms with Gasteiger partial charge in [-0.15, -0.1) is 0 Å². The Hall–Kier alpha value is -1.48. The van der Waals surface area contributed by atoms with Gasteiger partial charge in [-0.3, -0.25) is 0 Å². The van der Waals surface area contributed by atoms with Gasteiger partial charge in [0, 0.05) is 10.9 Å². The van der Waals surface area contributed by atoms with Crippen LogP contribution in [0, 0.1) is 0 Å². The fraction of sp³-hybridized carbons (Fsp3) is 0.200. The maximum Gasteiger partial charge on any atom is 0.416 e. The molecular weight excluding hydrogens is 273 g/mol. The minimum absolute atomic E-state index is 0.275. The van der Waals surface area contributed by atoms with E-state index in [1.165, 1.54) is 12.1 Å². The first-order chi connectivity index (χ1) is 8.89. The fourth-order valence-corrected chi connectivity index (χ4v) is 2.19. The molecule has 0 aromatic heterocycles. The van der Waals surface area contributed by atoms with Gasteiger partial charge in [0.05, 0.1) is 5.56 Å². The zero-order chi connectivity index (χ0) is 14.0. The van der Waals surface area contributed by atoms with Crippen molar-refractivity contribution in [3.05, 3.63) is 70.2 Å². The molecule has 0 radical (unpaired) electrons. The number of benzene rings is 2. The van der Waals surface area contributed by atoms with Crippen LogP contribution in [0.3, 0.4) is 0 Å². The van der Waals surface area contributed by atoms with Crippen LogP contribution in [0.25, 0.3) is 0 Å². The van der Waals surface area contributed by atoms with E-state index < -0.39 is 11.7 Å². The first-order valence-electron chi connectivity index (χ1n) is 5.81. The number of rotatable bonds is 2. The van der Waals surface area contributed by atoms with E-state index in [-0.39, 0.29) is 11.5 Å². The molecule has 2 aromatic carbocycles. The Morgan fingerprint density at radius 2 is 1.53 bits per heavy atom. The minimum Gasteiger partial charge on any atom is -0.166 e. The Labute approximate surface area is 114 Å². The first kappa shape index (κ1) is 13.9. The summed E-state index contributed by atoms with van der Waals surface area (Å²) in [5.74, 6) is -0.338. The number of hydrogen-bond donors (Lipinski definition) is 0. The van der Waals surface area contributed by atoms with Gasteiger partial charge in [0.15, 0.2) is 0 Å². The first-order valence-corrected chi connectivity index (χ1v) is 6.19. The maximum atomic E-state index is 13.0. The Morgan fingerprint density at radius 1 is 0.947 bits per heavy atom. The van der Waals surface area contributed by atoms with Crippen LogP contribution < -0.4 is 0 Å². The summed E-state index contributed by atoms with van der Waals surface area (Å²) in [5, 5.41) is 0.569. The second kappa shape index (κ2) is 5.25. The molecule has 0 fully saturated rings. The van der Waals surface area contributed by atoms with Crippen LogP contribution in [0.4, 0.5) is 13.2 Å². The van der Waals surface area contributed by atoms with Crippen molar-refractivity contribution >= 4 is 11.6 Å². The van der Waals surface area contributed by atoms with Crippen molar-refractivity contribution in [1.29, 1.82) is 0 Å². The van der Waals surface area contributed by atoms with Gasteiger partial charge in [0.2, 0.25) is 0 Å². The van der Waals surface area contributed by atoms with Crippen LogP contribution in [-0.4, -0.2) is 0 Å². The monoisotopic (exact) mass is 284 g/mol. The highest BCUT2D eigenvalue weighted by molar-refractivity contribution is 6.30. The molecule has 0 aliphatic heterocycles. The molecule has 1 unspecified atom stereocenters. The van der Waals surface area contributed by atoms with Crippen LogP contribution in [0.15, 0.2) is 48.5 Å². The van der Waals surface area contributed by atoms with Gasteiger partial charge in [-0.25, -0.2) is 0 Å². The van der Waals surface area contributed by atoms with Crippen molar-refractivity contribution < 1.29 is 13.2 Å². The molecule has 0 spiro atoms. The molecule has 19 heavy (non-hydrogen) atoms. The van der Waals surface area contributed by atoms with Gasteiger partial charge in [-0.2, -0.15) is 13.2 Å². The Kier molecular flexibility index (Phi) is 3.85. The summed E-state index contributed by atoms with van der Waals surface area (Å²) in [6, 6.07) is 12.5. The van der Waals surface area contributed by atoms with Gasteiger partial charge in [0.1, 0.15) is 0 Å². The van der Waals surface area contributed by atoms with Gasteiger partial charge in [-0.1, -0.05) is 48.9 Å². The van der Waals surface area contributed by atoms with E-state index >= 15 is 0 Å². The molecular formula is C15H12ClF3. The third kappa shape index (κ3) is 3.10. The molecule has 0 aliphatic carbocycles. The molecule has 100 valence electrons. The summed E-state index contributed by atoms with van der Waals surface area (Å²) in [5.41, 5.74) is 0.496. The Morgan fingerprint density at radius 3 is 2.11 bits per heavy atom. The lowest BCUT2D eigenvalue weighted by Gasteiger charge is -2.18. The molecule has 2 rings (SSSR count). The summed E-state index contributed by atoms with van der Waals surface area (Å²) < 4.78 is 38.9. The van der Waals surface area contributed by atoms with E-state index in [2.05, 4.69) is 0 Å². The Balaban J connectivity index is 2.44. The molecule has 0 bridgehead atoms. The summed E-state index contributed by atoms with van der Waals surface area (Å²) in [4.78, 5) is 0. The van der Waals surface area contributed by atoms with E-state index in [0.717, 1.165) is 11.6 Å². The zero-order valence-electron chi connectivity index (χ0n) is 10.2. The van der Waals surface area contributed by atoms with Gasteiger partial charge >= 0.3 is 6.18 Å². The van der Waals surface area contributed by atoms with Crippen LogP contribution in [0.1, 0.15) is 29.5 Å². The molecule has 0 nitrogen and oxygen atoms in total. The number of alkyl halides is 3. The second-order valence-corrected chi connectivity index (χ2v) is 4.79. The van der Waals surface area contributed by atoms with Crippen LogP contribution in [0.2, 0.25) is 5.02 Å². The average molecular weight is 285 g/mol. The van der Waals surface area contributed by atoms with Gasteiger partial charge < -0.3 is 0 Å². The van der Waals surface area contributed by atoms with Crippen molar-refractivity contribution in [1.82, 2.24) is 0 Å². The van der Waals surface area contributed by atoms with Crippen molar-refractivity contribution in [3.8, 4) is 0 Å². The maximum absolute atomic E-state index is 13.0. The highest BCUT2D eigenvalue weighted by atomic mass is 35.5. The molecule has 0 heterocycles. The van der Waals surface area contributed by atoms with E-state index in [1.54, 1.807) is 37.3 Å². The zero-order valence-corrected chi connectivity index (χ0v) is 11.0. The molecule has 4 heteroatoms. The summed E-state index contributed by atoms with van der Waals surface area (Å²) >= 11 is 5.79. The molecule has 1 atom stereocenters. The van der Waals surface area contributed by atoms with Crippen LogP contribution in [-0.2, 0) is 6.18 Å². The third-order valence-electron chi connectivity index (χ3n) is 3.10. The quantitative estimate of drug-likeness (QED) is 0.682. The lowest BCUT2D eigenvalue weighted by atomic mass is 9.89. The standard InChI is InChI=1S/C15H12ClF3/c1-10(11-6-8-12(16)9-7-11)13-4-2-3-5-14(13)15(17,18)19/h2-10H,1H3. The predicted molar refractivity (Wildman–Crippen MR) is 70.4 cm³/mol. The second-order valence-electron chi connectivity index (χ2n) is 4.36. The number of halogens is 4. The van der Waals surface area contributed by atoms with E-state index in [1.807, 2.05) is 0 Å². The highest BCUT2D eigenvalue weighted by Crippen LogP contribution is 2.37. The Bertz CT molecular complexity index is 558. The van der Waals surface area contributed by atoms with Crippen molar-refractivity contribution in [2.45, 2.75) is 19.0 Å². The molecule has 0 N–H and O–H groups in total. The summed E-state index contributed by atoms with van der Waals surface area (Å²) in [7, 11) is 0. The summed E-state index contributed by atoms with van der Waals surface area (Å²) in [6.45, 7) is 1.76. The predicted octanol–water partition coefficient (Wildman–Crippen LogP) is 5.51. The normalized spacial score (nSPS) is 13.3.